The third kappa shape index (κ3) is 2.87. The lowest BCUT2D eigenvalue weighted by molar-refractivity contribution is 0.100. The van der Waals surface area contributed by atoms with E-state index in [1.807, 2.05) is 0 Å². The first-order valence-corrected chi connectivity index (χ1v) is 9.83. The lowest BCUT2D eigenvalue weighted by Gasteiger charge is -2.44. The predicted octanol–water partition coefficient (Wildman–Crippen LogP) is 1.52. The van der Waals surface area contributed by atoms with Crippen molar-refractivity contribution >= 4 is 10.2 Å². The van der Waals surface area contributed by atoms with Crippen molar-refractivity contribution in [3.05, 3.63) is 0 Å². The Balaban J connectivity index is 1.78. The smallest absolute Gasteiger partial charge is 0.282 e. The minimum Gasteiger partial charge on any atom is -0.297 e. The molecule has 0 N–H and O–H groups in total. The fraction of sp³-hybridized carbons (Fsp3) is 1.00. The molecule has 21 heavy (non-hydrogen) atoms. The number of hydrogen-bond acceptors (Lipinski definition) is 3. The maximum absolute atomic E-state index is 13.1. The standard InChI is InChI=1S/C15H29N3O2S/c1-4-14-10-17-9-5-6-15(17)11-18(14)21(19,20)16(3)12(2)13-7-8-13/h12-15H,4-11H2,1-3H3/t12-,14+,15+/m0/s1. The Kier molecular flexibility index (Phi) is 4.34. The second-order valence-electron chi connectivity index (χ2n) is 7.02. The number of rotatable bonds is 5. The van der Waals surface area contributed by atoms with Crippen LogP contribution in [0.25, 0.3) is 0 Å². The van der Waals surface area contributed by atoms with E-state index in [-0.39, 0.29) is 12.1 Å². The molecule has 0 aromatic heterocycles. The van der Waals surface area contributed by atoms with Crippen molar-refractivity contribution < 1.29 is 8.42 Å². The van der Waals surface area contributed by atoms with E-state index in [1.165, 1.54) is 19.3 Å². The zero-order valence-corrected chi connectivity index (χ0v) is 14.3. The van der Waals surface area contributed by atoms with E-state index in [2.05, 4.69) is 18.7 Å². The number of hydrogen-bond donors (Lipinski definition) is 0. The van der Waals surface area contributed by atoms with Crippen LogP contribution in [0, 0.1) is 5.92 Å². The maximum Gasteiger partial charge on any atom is 0.282 e. The molecule has 2 aliphatic heterocycles. The van der Waals surface area contributed by atoms with Crippen LogP contribution in [0.4, 0.5) is 0 Å². The van der Waals surface area contributed by atoms with Crippen molar-refractivity contribution in [1.82, 2.24) is 13.5 Å². The molecule has 5 nitrogen and oxygen atoms in total. The Bertz CT molecular complexity index is 477. The minimum atomic E-state index is -3.33. The molecule has 122 valence electrons. The average molecular weight is 315 g/mol. The summed E-state index contributed by atoms with van der Waals surface area (Å²) < 4.78 is 29.5. The van der Waals surface area contributed by atoms with Gasteiger partial charge in [-0.3, -0.25) is 4.90 Å². The highest BCUT2D eigenvalue weighted by Crippen LogP contribution is 2.37. The average Bonchev–Trinajstić information content (AvgIpc) is 3.22. The van der Waals surface area contributed by atoms with E-state index in [0.717, 1.165) is 25.9 Å². The molecule has 0 aromatic carbocycles. The number of nitrogens with zero attached hydrogens (tertiary/aromatic N) is 3. The van der Waals surface area contributed by atoms with Gasteiger partial charge in [-0.15, -0.1) is 0 Å². The Labute approximate surface area is 129 Å². The normalized spacial score (nSPS) is 33.3. The second-order valence-corrected chi connectivity index (χ2v) is 8.97. The summed E-state index contributed by atoms with van der Waals surface area (Å²) >= 11 is 0. The SMILES string of the molecule is CC[C@@H]1CN2CCC[C@@H]2CN1S(=O)(=O)N(C)[C@@H](C)C1CC1. The highest BCUT2D eigenvalue weighted by atomic mass is 32.2. The van der Waals surface area contributed by atoms with Gasteiger partial charge in [-0.1, -0.05) is 6.92 Å². The Morgan fingerprint density at radius 1 is 1.24 bits per heavy atom. The monoisotopic (exact) mass is 315 g/mol. The van der Waals surface area contributed by atoms with Crippen LogP contribution in [0.1, 0.15) is 46.0 Å². The summed E-state index contributed by atoms with van der Waals surface area (Å²) in [5.74, 6) is 0.567. The first-order valence-electron chi connectivity index (χ1n) is 8.44. The number of fused-ring (bicyclic) bond motifs is 1. The van der Waals surface area contributed by atoms with Crippen LogP contribution >= 0.6 is 0 Å². The molecule has 6 heteroatoms. The highest BCUT2D eigenvalue weighted by molar-refractivity contribution is 7.86. The molecule has 0 spiro atoms. The van der Waals surface area contributed by atoms with Crippen LogP contribution in [0.5, 0.6) is 0 Å². The molecule has 2 saturated heterocycles. The van der Waals surface area contributed by atoms with Gasteiger partial charge in [-0.05, 0) is 51.5 Å². The van der Waals surface area contributed by atoms with Gasteiger partial charge in [0.15, 0.2) is 0 Å². The third-order valence-electron chi connectivity index (χ3n) is 5.75. The van der Waals surface area contributed by atoms with Gasteiger partial charge in [0.25, 0.3) is 10.2 Å². The first kappa shape index (κ1) is 15.7. The molecule has 0 bridgehead atoms. The van der Waals surface area contributed by atoms with Gasteiger partial charge in [0.05, 0.1) is 0 Å². The zero-order chi connectivity index (χ0) is 15.2. The van der Waals surface area contributed by atoms with Gasteiger partial charge in [0.2, 0.25) is 0 Å². The fourth-order valence-electron chi connectivity index (χ4n) is 3.93. The summed E-state index contributed by atoms with van der Waals surface area (Å²) in [4.78, 5) is 2.49. The van der Waals surface area contributed by atoms with Crippen LogP contribution in [-0.2, 0) is 10.2 Å². The van der Waals surface area contributed by atoms with Crippen molar-refractivity contribution in [3.8, 4) is 0 Å². The summed E-state index contributed by atoms with van der Waals surface area (Å²) in [6.45, 7) is 6.90. The molecular formula is C15H29N3O2S. The van der Waals surface area contributed by atoms with E-state index in [9.17, 15) is 8.42 Å². The lowest BCUT2D eigenvalue weighted by Crippen LogP contribution is -2.60. The maximum atomic E-state index is 13.1. The molecule has 3 fully saturated rings. The van der Waals surface area contributed by atoms with Crippen LogP contribution in [0.3, 0.4) is 0 Å². The molecule has 3 aliphatic rings. The molecule has 0 amide bonds. The highest BCUT2D eigenvalue weighted by Gasteiger charge is 2.44. The van der Waals surface area contributed by atoms with Gasteiger partial charge >= 0.3 is 0 Å². The molecule has 0 unspecified atom stereocenters. The third-order valence-corrected chi connectivity index (χ3v) is 7.85. The topological polar surface area (TPSA) is 43.9 Å². The largest absolute Gasteiger partial charge is 0.297 e. The summed E-state index contributed by atoms with van der Waals surface area (Å²) in [6, 6.07) is 0.708. The Morgan fingerprint density at radius 2 is 1.95 bits per heavy atom. The molecular weight excluding hydrogens is 286 g/mol. The van der Waals surface area contributed by atoms with Gasteiger partial charge in [-0.2, -0.15) is 17.0 Å². The van der Waals surface area contributed by atoms with Crippen molar-refractivity contribution in [2.45, 2.75) is 64.1 Å². The number of piperazine rings is 1. The second kappa shape index (κ2) is 5.80. The van der Waals surface area contributed by atoms with Crippen LogP contribution in [-0.4, -0.2) is 66.7 Å². The summed E-state index contributed by atoms with van der Waals surface area (Å²) in [7, 11) is -1.56. The summed E-state index contributed by atoms with van der Waals surface area (Å²) in [5, 5.41) is 0. The quantitative estimate of drug-likeness (QED) is 0.772. The van der Waals surface area contributed by atoms with E-state index in [4.69, 9.17) is 0 Å². The molecule has 3 atom stereocenters. The van der Waals surface area contributed by atoms with E-state index < -0.39 is 10.2 Å². The van der Waals surface area contributed by atoms with E-state index in [1.54, 1.807) is 15.7 Å². The predicted molar refractivity (Wildman–Crippen MR) is 84.2 cm³/mol. The lowest BCUT2D eigenvalue weighted by atomic mass is 10.1. The van der Waals surface area contributed by atoms with Crippen LogP contribution in [0.2, 0.25) is 0 Å². The van der Waals surface area contributed by atoms with Gasteiger partial charge in [-0.25, -0.2) is 0 Å². The van der Waals surface area contributed by atoms with Crippen molar-refractivity contribution in [1.29, 1.82) is 0 Å². The van der Waals surface area contributed by atoms with Crippen LogP contribution < -0.4 is 0 Å². The Morgan fingerprint density at radius 3 is 2.57 bits per heavy atom. The first-order chi connectivity index (χ1) is 9.95. The van der Waals surface area contributed by atoms with E-state index in [0.29, 0.717) is 18.5 Å². The van der Waals surface area contributed by atoms with Gasteiger partial charge < -0.3 is 0 Å². The molecule has 3 rings (SSSR count). The molecule has 0 radical (unpaired) electrons. The van der Waals surface area contributed by atoms with Gasteiger partial charge in [0.1, 0.15) is 0 Å². The molecule has 2 heterocycles. The molecule has 1 saturated carbocycles. The van der Waals surface area contributed by atoms with Crippen molar-refractivity contribution in [3.63, 3.8) is 0 Å². The van der Waals surface area contributed by atoms with Gasteiger partial charge in [0, 0.05) is 38.3 Å². The van der Waals surface area contributed by atoms with Crippen LogP contribution in [0.15, 0.2) is 0 Å². The van der Waals surface area contributed by atoms with E-state index >= 15 is 0 Å². The molecule has 0 aromatic rings. The fourth-order valence-corrected chi connectivity index (χ4v) is 5.80. The summed E-state index contributed by atoms with van der Waals surface area (Å²) in [5.41, 5.74) is 0. The summed E-state index contributed by atoms with van der Waals surface area (Å²) in [6.07, 6.45) is 5.60. The van der Waals surface area contributed by atoms with Crippen molar-refractivity contribution in [2.24, 2.45) is 5.92 Å². The zero-order valence-electron chi connectivity index (χ0n) is 13.5. The molecule has 1 aliphatic carbocycles. The minimum absolute atomic E-state index is 0.133. The van der Waals surface area contributed by atoms with Crippen molar-refractivity contribution in [2.75, 3.05) is 26.7 Å². The Hall–Kier alpha value is -0.170.